The highest BCUT2D eigenvalue weighted by atomic mass is 32.2. The van der Waals surface area contributed by atoms with Crippen LogP contribution in [0.3, 0.4) is 0 Å². The summed E-state index contributed by atoms with van der Waals surface area (Å²) in [6, 6.07) is 6.82. The molecule has 0 saturated carbocycles. The Morgan fingerprint density at radius 2 is 1.63 bits per heavy atom. The second-order valence-electron chi connectivity index (χ2n) is 11.6. The first-order valence-electron chi connectivity index (χ1n) is 13.7. The van der Waals surface area contributed by atoms with Crippen molar-refractivity contribution in [1.82, 2.24) is 5.32 Å². The van der Waals surface area contributed by atoms with Gasteiger partial charge in [-0.3, -0.25) is 14.5 Å². The number of carbonyl (C=O) groups is 4. The molecule has 0 saturated heterocycles. The third kappa shape index (κ3) is 10.3. The van der Waals surface area contributed by atoms with E-state index < -0.39 is 65.6 Å². The molecule has 12 heteroatoms. The molecule has 0 unspecified atom stereocenters. The Morgan fingerprint density at radius 3 is 2.07 bits per heavy atom. The number of para-hydroxylation sites is 1. The average Bonchev–Trinajstić information content (AvgIpc) is 2.87. The van der Waals surface area contributed by atoms with Crippen LogP contribution in [-0.4, -0.2) is 87.0 Å². The molecule has 0 aliphatic rings. The predicted molar refractivity (Wildman–Crippen MR) is 160 cm³/mol. The third-order valence-corrected chi connectivity index (χ3v) is 7.13. The molecule has 1 aromatic carbocycles. The molecule has 0 spiro atoms. The molecular weight excluding hydrogens is 550 g/mol. The quantitative estimate of drug-likeness (QED) is 0.178. The maximum atomic E-state index is 14.5. The lowest BCUT2D eigenvalue weighted by Gasteiger charge is -2.42. The first kappa shape index (κ1) is 36.4. The number of nitrogens with zero attached hydrogens (tertiary/aromatic N) is 1. The SMILES string of the molecule is CSCC[C@](C(=O)O)(C(=O)[C@H](CC(C)C)C[C@@H](O)[C@@H](NC(=O)OC(C)(C)C)[C@@H](C)O)N(C(=O)CN)c1ccccc1. The molecular formula is C29H47N3O8S. The summed E-state index contributed by atoms with van der Waals surface area (Å²) in [7, 11) is 0. The van der Waals surface area contributed by atoms with Crippen LogP contribution in [0.4, 0.5) is 10.5 Å². The average molecular weight is 598 g/mol. The smallest absolute Gasteiger partial charge is 0.408 e. The maximum Gasteiger partial charge on any atom is 0.408 e. The highest BCUT2D eigenvalue weighted by Crippen LogP contribution is 2.35. The molecule has 6 N–H and O–H groups in total. The number of amides is 2. The Kier molecular flexibility index (Phi) is 14.3. The number of ether oxygens (including phenoxy) is 1. The van der Waals surface area contributed by atoms with E-state index in [0.29, 0.717) is 0 Å². The molecule has 5 atom stereocenters. The molecule has 232 valence electrons. The zero-order valence-corrected chi connectivity index (χ0v) is 25.9. The summed E-state index contributed by atoms with van der Waals surface area (Å²) < 4.78 is 5.26. The maximum absolute atomic E-state index is 14.5. The molecule has 0 fully saturated rings. The zero-order chi connectivity index (χ0) is 31.5. The van der Waals surface area contributed by atoms with Gasteiger partial charge < -0.3 is 31.1 Å². The van der Waals surface area contributed by atoms with Crippen molar-refractivity contribution in [3.05, 3.63) is 30.3 Å². The van der Waals surface area contributed by atoms with Gasteiger partial charge in [-0.25, -0.2) is 9.59 Å². The van der Waals surface area contributed by atoms with Crippen molar-refractivity contribution in [1.29, 1.82) is 0 Å². The first-order valence-corrected chi connectivity index (χ1v) is 15.1. The first-order chi connectivity index (χ1) is 19.0. The van der Waals surface area contributed by atoms with Crippen molar-refractivity contribution in [2.45, 2.75) is 90.2 Å². The number of aliphatic carboxylic acids is 1. The minimum atomic E-state index is -2.32. The number of carbonyl (C=O) groups excluding carboxylic acids is 3. The van der Waals surface area contributed by atoms with Gasteiger partial charge in [-0.15, -0.1) is 0 Å². The van der Waals surface area contributed by atoms with Gasteiger partial charge in [0.25, 0.3) is 0 Å². The van der Waals surface area contributed by atoms with Crippen LogP contribution < -0.4 is 16.0 Å². The Morgan fingerprint density at radius 1 is 1.05 bits per heavy atom. The topological polar surface area (TPSA) is 179 Å². The second-order valence-corrected chi connectivity index (χ2v) is 12.6. The normalized spacial score (nSPS) is 16.2. The number of rotatable bonds is 16. The monoisotopic (exact) mass is 597 g/mol. The molecule has 0 aliphatic heterocycles. The molecule has 0 aromatic heterocycles. The highest BCUT2D eigenvalue weighted by molar-refractivity contribution is 7.98. The van der Waals surface area contributed by atoms with Gasteiger partial charge >= 0.3 is 12.1 Å². The fourth-order valence-corrected chi connectivity index (χ4v) is 5.29. The van der Waals surface area contributed by atoms with Gasteiger partial charge in [0.1, 0.15) is 5.60 Å². The standard InChI is InChI=1S/C29H47N3O8S/c1-18(2)15-20(16-22(34)24(19(3)33)31-27(39)40-28(4,5)6)25(36)29(26(37)38,13-14-41-7)32(23(35)17-30)21-11-9-8-10-12-21/h8-12,18-20,22,24,33-34H,13-17,30H2,1-7H3,(H,31,39)(H,37,38)/t19-,20-,22-,24+,29-/m1/s1. The largest absolute Gasteiger partial charge is 0.479 e. The van der Waals surface area contributed by atoms with E-state index in [1.165, 1.54) is 30.8 Å². The molecule has 11 nitrogen and oxygen atoms in total. The lowest BCUT2D eigenvalue weighted by molar-refractivity contribution is -0.152. The van der Waals surface area contributed by atoms with Crippen molar-refractivity contribution >= 4 is 41.2 Å². The number of hydrogen-bond donors (Lipinski definition) is 5. The number of carboxylic acids is 1. The van der Waals surface area contributed by atoms with E-state index in [2.05, 4.69) is 5.32 Å². The predicted octanol–water partition coefficient (Wildman–Crippen LogP) is 2.81. The van der Waals surface area contributed by atoms with Crippen LogP contribution in [0.1, 0.15) is 60.8 Å². The van der Waals surface area contributed by atoms with Crippen molar-refractivity contribution in [2.24, 2.45) is 17.6 Å². The second kappa shape index (κ2) is 16.1. The minimum Gasteiger partial charge on any atom is -0.479 e. The number of nitrogens with one attached hydrogen (secondary N) is 1. The number of aliphatic hydroxyl groups is 2. The van der Waals surface area contributed by atoms with Gasteiger partial charge in [-0.1, -0.05) is 32.0 Å². The van der Waals surface area contributed by atoms with Crippen LogP contribution in [0.15, 0.2) is 30.3 Å². The van der Waals surface area contributed by atoms with E-state index in [1.807, 2.05) is 13.8 Å². The van der Waals surface area contributed by atoms with Crippen LogP contribution >= 0.6 is 11.8 Å². The van der Waals surface area contributed by atoms with Gasteiger partial charge in [0.2, 0.25) is 11.4 Å². The van der Waals surface area contributed by atoms with Crippen LogP contribution in [0.5, 0.6) is 0 Å². The highest BCUT2D eigenvalue weighted by Gasteiger charge is 2.55. The summed E-state index contributed by atoms with van der Waals surface area (Å²) in [6.45, 7) is 9.54. The third-order valence-electron chi connectivity index (χ3n) is 6.52. The summed E-state index contributed by atoms with van der Waals surface area (Å²) in [6.07, 6.45) is -2.08. The number of Topliss-reactive ketones (excluding diaryl/α,β-unsaturated/α-hetero) is 1. The number of alkyl carbamates (subject to hydrolysis) is 1. The summed E-state index contributed by atoms with van der Waals surface area (Å²) in [5.74, 6) is -3.93. The fourth-order valence-electron chi connectivity index (χ4n) is 4.79. The molecule has 1 rings (SSSR count). The van der Waals surface area contributed by atoms with Gasteiger partial charge in [0, 0.05) is 11.6 Å². The summed E-state index contributed by atoms with van der Waals surface area (Å²) in [4.78, 5) is 54.3. The van der Waals surface area contributed by atoms with E-state index in [4.69, 9.17) is 10.5 Å². The number of aliphatic hydroxyl groups excluding tert-OH is 2. The van der Waals surface area contributed by atoms with Crippen LogP contribution in [0.2, 0.25) is 0 Å². The Hall–Kier alpha value is -2.67. The van der Waals surface area contributed by atoms with Crippen molar-refractivity contribution in [3.63, 3.8) is 0 Å². The van der Waals surface area contributed by atoms with Crippen molar-refractivity contribution < 1.29 is 39.2 Å². The number of benzene rings is 1. The molecule has 41 heavy (non-hydrogen) atoms. The van der Waals surface area contributed by atoms with E-state index in [0.717, 1.165) is 4.90 Å². The van der Waals surface area contributed by atoms with E-state index in [9.17, 15) is 34.5 Å². The number of nitrogens with two attached hydrogens (primary N) is 1. The van der Waals surface area contributed by atoms with E-state index in [1.54, 1.807) is 45.2 Å². The van der Waals surface area contributed by atoms with Crippen LogP contribution in [-0.2, 0) is 19.1 Å². The summed E-state index contributed by atoms with van der Waals surface area (Å²) in [5.41, 5.74) is 2.77. The number of anilines is 1. The Bertz CT molecular complexity index is 1020. The lowest BCUT2D eigenvalue weighted by atomic mass is 9.75. The van der Waals surface area contributed by atoms with E-state index >= 15 is 0 Å². The summed E-state index contributed by atoms with van der Waals surface area (Å²) in [5, 5.41) is 34.8. The van der Waals surface area contributed by atoms with Crippen molar-refractivity contribution in [3.8, 4) is 0 Å². The fraction of sp³-hybridized carbons (Fsp3) is 0.655. The lowest BCUT2D eigenvalue weighted by Crippen LogP contribution is -2.66. The van der Waals surface area contributed by atoms with Gasteiger partial charge in [-0.2, -0.15) is 11.8 Å². The number of hydrogen-bond acceptors (Lipinski definition) is 9. The Balaban J connectivity index is 3.66. The van der Waals surface area contributed by atoms with Gasteiger partial charge in [0.15, 0.2) is 5.78 Å². The van der Waals surface area contributed by atoms with Crippen LogP contribution in [0.25, 0.3) is 0 Å². The van der Waals surface area contributed by atoms with E-state index in [-0.39, 0.29) is 36.6 Å². The Labute approximate surface area is 247 Å². The zero-order valence-electron chi connectivity index (χ0n) is 25.1. The molecule has 1 aromatic rings. The minimum absolute atomic E-state index is 0.0950. The number of ketones is 1. The number of carboxylic acid groups (broad SMARTS) is 1. The summed E-state index contributed by atoms with van der Waals surface area (Å²) >= 11 is 1.33. The molecule has 0 heterocycles. The molecule has 0 radical (unpaired) electrons. The number of thioether (sulfide) groups is 1. The van der Waals surface area contributed by atoms with Crippen molar-refractivity contribution in [2.75, 3.05) is 23.5 Å². The van der Waals surface area contributed by atoms with Gasteiger partial charge in [0.05, 0.1) is 24.8 Å². The molecule has 2 amide bonds. The molecule has 0 bridgehead atoms. The molecule has 0 aliphatic carbocycles. The van der Waals surface area contributed by atoms with Gasteiger partial charge in [-0.05, 0) is 77.0 Å². The van der Waals surface area contributed by atoms with Crippen LogP contribution in [0, 0.1) is 11.8 Å².